The minimum atomic E-state index is -1.04. The summed E-state index contributed by atoms with van der Waals surface area (Å²) in [6, 6.07) is 2.32. The van der Waals surface area contributed by atoms with Crippen LogP contribution in [0.4, 0.5) is 11.5 Å². The second-order valence-electron chi connectivity index (χ2n) is 4.59. The lowest BCUT2D eigenvalue weighted by Crippen LogP contribution is -2.43. The summed E-state index contributed by atoms with van der Waals surface area (Å²) in [6.07, 6.45) is 1.12. The van der Waals surface area contributed by atoms with Gasteiger partial charge in [-0.2, -0.15) is 0 Å². The van der Waals surface area contributed by atoms with Gasteiger partial charge in [-0.05, 0) is 13.0 Å². The number of hydrogen-bond acceptors (Lipinski definition) is 6. The first-order chi connectivity index (χ1) is 8.93. The van der Waals surface area contributed by atoms with Crippen LogP contribution in [0.2, 0.25) is 0 Å². The molecule has 2 atom stereocenters. The van der Waals surface area contributed by atoms with E-state index in [0.717, 1.165) is 6.20 Å². The van der Waals surface area contributed by atoms with Gasteiger partial charge in [-0.15, -0.1) is 0 Å². The van der Waals surface area contributed by atoms with Crippen molar-refractivity contribution in [1.82, 2.24) is 4.98 Å². The van der Waals surface area contributed by atoms with E-state index in [4.69, 9.17) is 4.74 Å². The molecular weight excluding hydrogens is 254 g/mol. The van der Waals surface area contributed by atoms with Crippen molar-refractivity contribution in [2.45, 2.75) is 13.0 Å². The van der Waals surface area contributed by atoms with Crippen molar-refractivity contribution in [3.8, 4) is 0 Å². The maximum absolute atomic E-state index is 11.2. The Kier molecular flexibility index (Phi) is 3.34. The summed E-state index contributed by atoms with van der Waals surface area (Å²) in [5, 5.41) is 22.6. The molecule has 1 saturated heterocycles. The summed E-state index contributed by atoms with van der Waals surface area (Å²) >= 11 is 0. The first kappa shape index (κ1) is 13.2. The van der Waals surface area contributed by atoms with Crippen molar-refractivity contribution in [3.63, 3.8) is 0 Å². The summed E-state index contributed by atoms with van der Waals surface area (Å²) < 4.78 is 5.19. The molecule has 1 aromatic rings. The van der Waals surface area contributed by atoms with Crippen LogP contribution in [-0.4, -0.2) is 40.2 Å². The third-order valence-electron chi connectivity index (χ3n) is 3.22. The van der Waals surface area contributed by atoms with Gasteiger partial charge in [0.25, 0.3) is 5.69 Å². The molecule has 8 heteroatoms. The number of hydrogen-bond donors (Lipinski definition) is 2. The van der Waals surface area contributed by atoms with Gasteiger partial charge in [0.2, 0.25) is 0 Å². The van der Waals surface area contributed by atoms with Crippen molar-refractivity contribution >= 4 is 17.5 Å². The Hall–Kier alpha value is -2.22. The normalized spacial score (nSPS) is 26.1. The molecule has 0 radical (unpaired) electrons. The molecule has 0 amide bonds. The molecule has 2 rings (SSSR count). The van der Waals surface area contributed by atoms with E-state index in [1.165, 1.54) is 12.1 Å². The Labute approximate surface area is 108 Å². The highest BCUT2D eigenvalue weighted by molar-refractivity contribution is 5.76. The third-order valence-corrected chi connectivity index (χ3v) is 3.22. The molecule has 0 bridgehead atoms. The van der Waals surface area contributed by atoms with Crippen LogP contribution in [0, 0.1) is 15.5 Å². The Morgan fingerprint density at radius 3 is 2.95 bits per heavy atom. The lowest BCUT2D eigenvalue weighted by Gasteiger charge is -2.25. The van der Waals surface area contributed by atoms with E-state index in [1.807, 2.05) is 0 Å². The Morgan fingerprint density at radius 2 is 2.42 bits per heavy atom. The Bertz CT molecular complexity index is 504. The van der Waals surface area contributed by atoms with E-state index in [2.05, 4.69) is 10.3 Å². The molecule has 0 aromatic carbocycles. The zero-order chi connectivity index (χ0) is 14.0. The van der Waals surface area contributed by atoms with Crippen LogP contribution in [0.25, 0.3) is 0 Å². The highest BCUT2D eigenvalue weighted by Gasteiger charge is 2.46. The molecule has 1 aromatic heterocycles. The quantitative estimate of drug-likeness (QED) is 0.614. The number of ether oxygens (including phenoxy) is 1. The predicted octanol–water partition coefficient (Wildman–Crippen LogP) is 0.891. The second kappa shape index (κ2) is 4.81. The number of nitro groups is 1. The van der Waals surface area contributed by atoms with E-state index in [9.17, 15) is 20.0 Å². The smallest absolute Gasteiger partial charge is 0.313 e. The number of carboxylic acids is 1. The summed E-state index contributed by atoms with van der Waals surface area (Å²) in [4.78, 5) is 25.1. The first-order valence-corrected chi connectivity index (χ1v) is 5.61. The predicted molar refractivity (Wildman–Crippen MR) is 64.9 cm³/mol. The lowest BCUT2D eigenvalue weighted by molar-refractivity contribution is -0.385. The first-order valence-electron chi connectivity index (χ1n) is 5.61. The number of nitrogens with one attached hydrogen (secondary N) is 1. The Morgan fingerprint density at radius 1 is 1.68 bits per heavy atom. The zero-order valence-corrected chi connectivity index (χ0v) is 10.2. The topological polar surface area (TPSA) is 115 Å². The number of aliphatic carboxylic acids is 1. The minimum absolute atomic E-state index is 0.116. The maximum Gasteiger partial charge on any atom is 0.313 e. The summed E-state index contributed by atoms with van der Waals surface area (Å²) in [7, 11) is 0. The fourth-order valence-electron chi connectivity index (χ4n) is 1.84. The van der Waals surface area contributed by atoms with Gasteiger partial charge in [-0.3, -0.25) is 14.9 Å². The number of aromatic nitrogens is 1. The van der Waals surface area contributed by atoms with Gasteiger partial charge in [0, 0.05) is 6.07 Å². The van der Waals surface area contributed by atoms with Crippen LogP contribution < -0.4 is 5.32 Å². The van der Waals surface area contributed by atoms with Gasteiger partial charge in [0.05, 0.1) is 24.2 Å². The zero-order valence-electron chi connectivity index (χ0n) is 10.2. The van der Waals surface area contributed by atoms with Crippen molar-refractivity contribution < 1.29 is 19.6 Å². The summed E-state index contributed by atoms with van der Waals surface area (Å²) in [5.74, 6) is -0.571. The van der Waals surface area contributed by atoms with Crippen molar-refractivity contribution in [3.05, 3.63) is 28.4 Å². The largest absolute Gasteiger partial charge is 0.481 e. The molecule has 1 fully saturated rings. The van der Waals surface area contributed by atoms with Crippen molar-refractivity contribution in [2.75, 3.05) is 18.5 Å². The van der Waals surface area contributed by atoms with E-state index in [1.54, 1.807) is 6.92 Å². The number of rotatable bonds is 4. The lowest BCUT2D eigenvalue weighted by atomic mass is 9.85. The van der Waals surface area contributed by atoms with E-state index < -0.39 is 22.3 Å². The second-order valence-corrected chi connectivity index (χ2v) is 4.59. The van der Waals surface area contributed by atoms with Crippen LogP contribution in [0.5, 0.6) is 0 Å². The van der Waals surface area contributed by atoms with Gasteiger partial charge in [-0.1, -0.05) is 0 Å². The van der Waals surface area contributed by atoms with E-state index >= 15 is 0 Å². The fraction of sp³-hybridized carbons (Fsp3) is 0.455. The molecule has 0 spiro atoms. The van der Waals surface area contributed by atoms with Crippen molar-refractivity contribution in [2.24, 2.45) is 5.41 Å². The number of carboxylic acid groups (broad SMARTS) is 1. The Balaban J connectivity index is 2.12. The number of anilines is 1. The van der Waals surface area contributed by atoms with Crippen LogP contribution in [0.15, 0.2) is 18.3 Å². The van der Waals surface area contributed by atoms with Gasteiger partial charge < -0.3 is 15.2 Å². The van der Waals surface area contributed by atoms with E-state index in [0.29, 0.717) is 5.82 Å². The van der Waals surface area contributed by atoms with Gasteiger partial charge in [0.1, 0.15) is 17.4 Å². The van der Waals surface area contributed by atoms with Crippen LogP contribution in [0.1, 0.15) is 6.92 Å². The minimum Gasteiger partial charge on any atom is -0.481 e. The number of carbonyl (C=O) groups is 1. The highest BCUT2D eigenvalue weighted by Crippen LogP contribution is 2.31. The maximum atomic E-state index is 11.2. The molecule has 2 N–H and O–H groups in total. The van der Waals surface area contributed by atoms with Crippen molar-refractivity contribution in [1.29, 1.82) is 0 Å². The molecule has 0 aliphatic carbocycles. The summed E-state index contributed by atoms with van der Waals surface area (Å²) in [5.41, 5.74) is -1.15. The molecule has 8 nitrogen and oxygen atoms in total. The molecule has 102 valence electrons. The van der Waals surface area contributed by atoms with Crippen LogP contribution in [-0.2, 0) is 9.53 Å². The summed E-state index contributed by atoms with van der Waals surface area (Å²) in [6.45, 7) is 1.96. The average molecular weight is 267 g/mol. The molecule has 1 aliphatic heterocycles. The standard InChI is InChI=1S/C11H13N3O5/c1-11(10(15)16)6-19-5-8(11)13-9-3-2-7(4-12-9)14(17)18/h2-4,8H,5-6H2,1H3,(H,12,13)(H,15,16). The molecule has 19 heavy (non-hydrogen) atoms. The number of nitrogens with zero attached hydrogens (tertiary/aromatic N) is 2. The third kappa shape index (κ3) is 2.48. The van der Waals surface area contributed by atoms with Gasteiger partial charge in [-0.25, -0.2) is 4.98 Å². The van der Waals surface area contributed by atoms with Gasteiger partial charge >= 0.3 is 5.97 Å². The molecule has 1 aliphatic rings. The SMILES string of the molecule is CC1(C(=O)O)COCC1Nc1ccc([N+](=O)[O-])cn1. The molecule has 0 saturated carbocycles. The van der Waals surface area contributed by atoms with Crippen LogP contribution >= 0.6 is 0 Å². The van der Waals surface area contributed by atoms with Crippen LogP contribution in [0.3, 0.4) is 0 Å². The molecule has 2 heterocycles. The van der Waals surface area contributed by atoms with Gasteiger partial charge in [0.15, 0.2) is 0 Å². The fourth-order valence-corrected chi connectivity index (χ4v) is 1.84. The number of pyridine rings is 1. The highest BCUT2D eigenvalue weighted by atomic mass is 16.6. The average Bonchev–Trinajstić information content (AvgIpc) is 2.73. The van der Waals surface area contributed by atoms with E-state index in [-0.39, 0.29) is 18.9 Å². The molecule has 2 unspecified atom stereocenters. The monoisotopic (exact) mass is 267 g/mol. The molecular formula is C11H13N3O5.